The quantitative estimate of drug-likeness (QED) is 0.126. The molecule has 0 spiro atoms. The van der Waals surface area contributed by atoms with Crippen molar-refractivity contribution < 1.29 is 0 Å². The predicted octanol–water partition coefficient (Wildman–Crippen LogP) is 13.0. The molecule has 1 aromatic heterocycles. The zero-order valence-corrected chi connectivity index (χ0v) is 32.4. The van der Waals surface area contributed by atoms with Crippen LogP contribution in [0.4, 0.5) is 5.69 Å². The third-order valence-corrected chi connectivity index (χ3v) is 11.6. The molecule has 0 saturated heterocycles. The van der Waals surface area contributed by atoms with Crippen LogP contribution in [-0.4, -0.2) is 4.98 Å². The number of hydrazine groups is 1. The summed E-state index contributed by atoms with van der Waals surface area (Å²) < 4.78 is 0. The average Bonchev–Trinajstić information content (AvgIpc) is 3.46. The second-order valence-electron chi connectivity index (χ2n) is 15.3. The lowest BCUT2D eigenvalue weighted by Crippen LogP contribution is -2.12. The molecule has 0 radical (unpaired) electrons. The maximum absolute atomic E-state index is 6.88. The minimum atomic E-state index is 0.949. The van der Waals surface area contributed by atoms with E-state index in [1.807, 2.05) is 0 Å². The highest BCUT2D eigenvalue weighted by molar-refractivity contribution is 6.28. The van der Waals surface area contributed by atoms with E-state index in [2.05, 4.69) is 160 Å². The highest BCUT2D eigenvalue weighted by Crippen LogP contribution is 2.54. The molecule has 0 saturated carbocycles. The van der Waals surface area contributed by atoms with Gasteiger partial charge < -0.3 is 10.4 Å². The standard InChI is InChI=1S/C48H51N3/c1-24-16-28(5)32(9)37(20-24)36-14-13-15-41-42(36)46-45(40-23-27(4)19-31(8)35(40)12)48(51-49)44(39-22-26(3)18-30(7)34(39)11)43(47(46)50-41)38-21-25(2)17-29(6)33(38)10/h13-23,50-51H,49H2,1-12H3. The fourth-order valence-corrected chi connectivity index (χ4v) is 8.58. The van der Waals surface area contributed by atoms with Crippen molar-refractivity contribution >= 4 is 27.5 Å². The van der Waals surface area contributed by atoms with Gasteiger partial charge in [-0.25, -0.2) is 0 Å². The van der Waals surface area contributed by atoms with E-state index in [1.54, 1.807) is 0 Å². The smallest absolute Gasteiger partial charge is 0.0656 e. The minimum absolute atomic E-state index is 0.949. The molecule has 6 aromatic carbocycles. The molecule has 3 nitrogen and oxygen atoms in total. The monoisotopic (exact) mass is 669 g/mol. The van der Waals surface area contributed by atoms with Gasteiger partial charge in [0.05, 0.1) is 11.2 Å². The van der Waals surface area contributed by atoms with Crippen molar-refractivity contribution in [2.24, 2.45) is 5.84 Å². The Kier molecular flexibility index (Phi) is 8.47. The number of H-pyrrole nitrogens is 1. The van der Waals surface area contributed by atoms with E-state index in [4.69, 9.17) is 5.84 Å². The maximum atomic E-state index is 6.88. The molecule has 7 rings (SSSR count). The normalized spacial score (nSPS) is 11.6. The van der Waals surface area contributed by atoms with E-state index in [9.17, 15) is 0 Å². The number of aromatic amines is 1. The fraction of sp³-hybridized carbons (Fsp3) is 0.250. The number of aromatic nitrogens is 1. The Morgan fingerprint density at radius 3 is 1.31 bits per heavy atom. The molecular weight excluding hydrogens is 619 g/mol. The van der Waals surface area contributed by atoms with Crippen LogP contribution in [0.5, 0.6) is 0 Å². The molecule has 0 amide bonds. The van der Waals surface area contributed by atoms with Crippen molar-refractivity contribution in [1.82, 2.24) is 4.98 Å². The Labute approximate surface area is 303 Å². The molecule has 0 aliphatic carbocycles. The SMILES string of the molecule is Cc1cc(C)c(C)c(-c2c(NN)c(-c3cc(C)cc(C)c3C)c3c([nH]c4cccc(-c5cc(C)cc(C)c5C)c43)c2-c2cc(C)cc(C)c2C)c1. The van der Waals surface area contributed by atoms with E-state index in [0.29, 0.717) is 0 Å². The van der Waals surface area contributed by atoms with E-state index in [0.717, 1.165) is 27.8 Å². The van der Waals surface area contributed by atoms with Crippen LogP contribution < -0.4 is 11.3 Å². The molecule has 0 unspecified atom stereocenters. The molecule has 258 valence electrons. The van der Waals surface area contributed by atoms with Crippen LogP contribution in [0.3, 0.4) is 0 Å². The summed E-state index contributed by atoms with van der Waals surface area (Å²) in [6, 6.07) is 25.3. The number of fused-ring (bicyclic) bond motifs is 3. The first-order valence-electron chi connectivity index (χ1n) is 18.2. The van der Waals surface area contributed by atoms with Crippen LogP contribution in [0.25, 0.3) is 66.3 Å². The molecule has 51 heavy (non-hydrogen) atoms. The number of anilines is 1. The summed E-state index contributed by atoms with van der Waals surface area (Å²) in [4.78, 5) is 4.07. The van der Waals surface area contributed by atoms with Crippen molar-refractivity contribution in [3.63, 3.8) is 0 Å². The van der Waals surface area contributed by atoms with Gasteiger partial charge in [-0.05, 0) is 161 Å². The maximum Gasteiger partial charge on any atom is 0.0656 e. The van der Waals surface area contributed by atoms with Crippen molar-refractivity contribution in [1.29, 1.82) is 0 Å². The number of hydrogen-bond acceptors (Lipinski definition) is 2. The third-order valence-electron chi connectivity index (χ3n) is 11.6. The van der Waals surface area contributed by atoms with E-state index < -0.39 is 0 Å². The van der Waals surface area contributed by atoms with Gasteiger partial charge >= 0.3 is 0 Å². The zero-order chi connectivity index (χ0) is 36.6. The first-order chi connectivity index (χ1) is 24.2. The molecule has 4 N–H and O–H groups in total. The second-order valence-corrected chi connectivity index (χ2v) is 15.3. The van der Waals surface area contributed by atoms with Crippen LogP contribution in [0, 0.1) is 83.1 Å². The minimum Gasteiger partial charge on any atom is -0.354 e. The fourth-order valence-electron chi connectivity index (χ4n) is 8.58. The molecule has 0 aliphatic rings. The summed E-state index contributed by atoms with van der Waals surface area (Å²) in [6.07, 6.45) is 0. The summed E-state index contributed by atoms with van der Waals surface area (Å²) >= 11 is 0. The number of nitrogens with two attached hydrogens (primary N) is 1. The number of nitrogen functional groups attached to an aromatic ring is 1. The molecule has 0 fully saturated rings. The molecular formula is C48H51N3. The van der Waals surface area contributed by atoms with Gasteiger partial charge in [-0.2, -0.15) is 0 Å². The average molecular weight is 670 g/mol. The first-order valence-corrected chi connectivity index (χ1v) is 18.2. The highest BCUT2D eigenvalue weighted by atomic mass is 15.2. The molecule has 3 heteroatoms. The summed E-state index contributed by atoms with van der Waals surface area (Å²) in [6.45, 7) is 26.7. The Hall–Kier alpha value is -5.12. The van der Waals surface area contributed by atoms with Crippen LogP contribution in [0.1, 0.15) is 66.8 Å². The summed E-state index contributed by atoms with van der Waals surface area (Å²) in [5.74, 6) is 6.88. The van der Waals surface area contributed by atoms with Gasteiger partial charge in [0.25, 0.3) is 0 Å². The third kappa shape index (κ3) is 5.47. The van der Waals surface area contributed by atoms with Gasteiger partial charge in [-0.15, -0.1) is 0 Å². The Bertz CT molecular complexity index is 2580. The number of nitrogens with one attached hydrogen (secondary N) is 2. The van der Waals surface area contributed by atoms with Crippen LogP contribution in [0.15, 0.2) is 66.7 Å². The lowest BCUT2D eigenvalue weighted by atomic mass is 9.80. The summed E-state index contributed by atoms with van der Waals surface area (Å²) in [7, 11) is 0. The Morgan fingerprint density at radius 1 is 0.431 bits per heavy atom. The molecule has 0 bridgehead atoms. The van der Waals surface area contributed by atoms with E-state index >= 15 is 0 Å². The molecule has 0 atom stereocenters. The predicted molar refractivity (Wildman–Crippen MR) is 222 cm³/mol. The molecule has 0 aliphatic heterocycles. The van der Waals surface area contributed by atoms with Crippen molar-refractivity contribution in [2.75, 3.05) is 5.43 Å². The van der Waals surface area contributed by atoms with Crippen molar-refractivity contribution in [2.45, 2.75) is 83.1 Å². The molecule has 7 aromatic rings. The van der Waals surface area contributed by atoms with E-state index in [1.165, 1.54) is 111 Å². The van der Waals surface area contributed by atoms with Gasteiger partial charge in [0.2, 0.25) is 0 Å². The molecule has 1 heterocycles. The number of rotatable bonds is 5. The summed E-state index contributed by atoms with van der Waals surface area (Å²) in [5, 5.41) is 2.41. The number of hydrogen-bond donors (Lipinski definition) is 3. The number of benzene rings is 6. The second kappa shape index (κ2) is 12.6. The van der Waals surface area contributed by atoms with Gasteiger partial charge in [0, 0.05) is 33.0 Å². The van der Waals surface area contributed by atoms with Gasteiger partial charge in [0.1, 0.15) is 0 Å². The Balaban J connectivity index is 1.86. The topological polar surface area (TPSA) is 53.8 Å². The van der Waals surface area contributed by atoms with Gasteiger partial charge in [0.15, 0.2) is 0 Å². The van der Waals surface area contributed by atoms with Gasteiger partial charge in [-0.3, -0.25) is 5.84 Å². The van der Waals surface area contributed by atoms with Crippen molar-refractivity contribution in [3.05, 3.63) is 133 Å². The van der Waals surface area contributed by atoms with Crippen LogP contribution >= 0.6 is 0 Å². The largest absolute Gasteiger partial charge is 0.354 e. The summed E-state index contributed by atoms with van der Waals surface area (Å²) in [5.41, 5.74) is 31.3. The first kappa shape index (κ1) is 34.3. The number of aryl methyl sites for hydroxylation is 8. The van der Waals surface area contributed by atoms with Crippen molar-refractivity contribution in [3.8, 4) is 44.5 Å². The lowest BCUT2D eigenvalue weighted by molar-refractivity contribution is 1.28. The Morgan fingerprint density at radius 2 is 0.843 bits per heavy atom. The van der Waals surface area contributed by atoms with Gasteiger partial charge in [-0.1, -0.05) is 82.9 Å². The van der Waals surface area contributed by atoms with Crippen LogP contribution in [0.2, 0.25) is 0 Å². The van der Waals surface area contributed by atoms with E-state index in [-0.39, 0.29) is 0 Å². The zero-order valence-electron chi connectivity index (χ0n) is 32.4. The van der Waals surface area contributed by atoms with Crippen LogP contribution in [-0.2, 0) is 0 Å². The highest BCUT2D eigenvalue weighted by Gasteiger charge is 2.29. The lowest BCUT2D eigenvalue weighted by Gasteiger charge is -2.26.